The van der Waals surface area contributed by atoms with Crippen LogP contribution in [0.25, 0.3) is 10.9 Å². The first-order valence-electron chi connectivity index (χ1n) is 5.73. The summed E-state index contributed by atoms with van der Waals surface area (Å²) in [5, 5.41) is 1.25. The van der Waals surface area contributed by atoms with Crippen LogP contribution in [0.4, 0.5) is 0 Å². The summed E-state index contributed by atoms with van der Waals surface area (Å²) < 4.78 is 1.22. The second-order valence-electron chi connectivity index (χ2n) is 4.61. The molecule has 1 atom stereocenters. The van der Waals surface area contributed by atoms with Gasteiger partial charge in [0.25, 0.3) is 0 Å². The number of rotatable bonds is 1. The third-order valence-electron chi connectivity index (χ3n) is 3.55. The first kappa shape index (κ1) is 11.1. The number of aromatic amines is 1. The number of carbonyl (C=O) groups excluding carboxylic acids is 1. The van der Waals surface area contributed by atoms with Crippen molar-refractivity contribution in [3.8, 4) is 0 Å². The summed E-state index contributed by atoms with van der Waals surface area (Å²) in [6, 6.07) is 6.37. The highest BCUT2D eigenvalue weighted by Crippen LogP contribution is 2.32. The molecule has 3 N–H and O–H groups in total. The number of nitrogens with one attached hydrogen (secondary N) is 1. The monoisotopic (exact) mass is 340 g/mol. The molecular formula is C13H13IN2O. The van der Waals surface area contributed by atoms with Crippen molar-refractivity contribution in [1.82, 2.24) is 4.98 Å². The molecule has 0 saturated carbocycles. The first-order chi connectivity index (χ1) is 8.15. The van der Waals surface area contributed by atoms with E-state index in [1.165, 1.54) is 25.7 Å². The quantitative estimate of drug-likeness (QED) is 0.770. The van der Waals surface area contributed by atoms with E-state index in [1.807, 2.05) is 0 Å². The fourth-order valence-electron chi connectivity index (χ4n) is 2.63. The molecule has 0 spiro atoms. The maximum Gasteiger partial charge on any atom is 0.220 e. The zero-order valence-corrected chi connectivity index (χ0v) is 11.5. The van der Waals surface area contributed by atoms with Crippen molar-refractivity contribution >= 4 is 39.4 Å². The predicted molar refractivity (Wildman–Crippen MR) is 75.7 cm³/mol. The molecule has 3 rings (SSSR count). The van der Waals surface area contributed by atoms with E-state index in [0.29, 0.717) is 0 Å². The van der Waals surface area contributed by atoms with E-state index in [4.69, 9.17) is 5.73 Å². The van der Waals surface area contributed by atoms with Crippen molar-refractivity contribution in [2.24, 2.45) is 11.7 Å². The van der Waals surface area contributed by atoms with Crippen LogP contribution in [0.1, 0.15) is 17.7 Å². The number of benzene rings is 1. The van der Waals surface area contributed by atoms with Gasteiger partial charge in [0.1, 0.15) is 0 Å². The van der Waals surface area contributed by atoms with Crippen molar-refractivity contribution in [1.29, 1.82) is 0 Å². The highest BCUT2D eigenvalue weighted by molar-refractivity contribution is 14.1. The summed E-state index contributed by atoms with van der Waals surface area (Å²) in [7, 11) is 0. The summed E-state index contributed by atoms with van der Waals surface area (Å²) in [5.41, 5.74) is 9.15. The number of aryl methyl sites for hydroxylation is 1. The third-order valence-corrected chi connectivity index (χ3v) is 4.22. The average Bonchev–Trinajstić information content (AvgIpc) is 2.66. The number of amides is 1. The van der Waals surface area contributed by atoms with Gasteiger partial charge in [0.15, 0.2) is 0 Å². The van der Waals surface area contributed by atoms with Gasteiger partial charge in [0, 0.05) is 26.1 Å². The van der Waals surface area contributed by atoms with Gasteiger partial charge in [-0.25, -0.2) is 0 Å². The molecule has 0 radical (unpaired) electrons. The minimum atomic E-state index is -0.171. The van der Waals surface area contributed by atoms with Crippen LogP contribution in [0.3, 0.4) is 0 Å². The van der Waals surface area contributed by atoms with Gasteiger partial charge in [-0.3, -0.25) is 4.79 Å². The van der Waals surface area contributed by atoms with Gasteiger partial charge in [0.05, 0.1) is 0 Å². The minimum Gasteiger partial charge on any atom is -0.369 e. The average molecular weight is 340 g/mol. The molecule has 17 heavy (non-hydrogen) atoms. The highest BCUT2D eigenvalue weighted by atomic mass is 127. The normalized spacial score (nSPS) is 19.2. The summed E-state index contributed by atoms with van der Waals surface area (Å²) >= 11 is 2.31. The molecule has 0 saturated heterocycles. The van der Waals surface area contributed by atoms with Crippen LogP contribution in [0.2, 0.25) is 0 Å². The van der Waals surface area contributed by atoms with Crippen LogP contribution in [-0.2, 0) is 17.6 Å². The number of halogens is 1. The van der Waals surface area contributed by atoms with E-state index in [0.717, 1.165) is 19.3 Å². The molecule has 1 aromatic carbocycles. The van der Waals surface area contributed by atoms with Gasteiger partial charge < -0.3 is 10.7 Å². The molecule has 0 fully saturated rings. The molecule has 1 heterocycles. The molecule has 1 aliphatic carbocycles. The van der Waals surface area contributed by atoms with Crippen molar-refractivity contribution in [3.63, 3.8) is 0 Å². The Labute approximate surface area is 113 Å². The standard InChI is InChI=1S/C13H13IN2O/c14-8-2-4-12-10(6-8)9-5-7(13(15)17)1-3-11(9)16-12/h2,4,6-7,16H,1,3,5H2,(H2,15,17). The van der Waals surface area contributed by atoms with Crippen molar-refractivity contribution in [3.05, 3.63) is 33.0 Å². The Morgan fingerprint density at radius 3 is 3.06 bits per heavy atom. The SMILES string of the molecule is NC(=O)C1CCc2[nH]c3ccc(I)cc3c2C1. The molecule has 1 aliphatic rings. The Balaban J connectivity index is 2.13. The third kappa shape index (κ3) is 1.84. The van der Waals surface area contributed by atoms with Crippen molar-refractivity contribution < 1.29 is 4.79 Å². The lowest BCUT2D eigenvalue weighted by Crippen LogP contribution is -2.28. The topological polar surface area (TPSA) is 58.9 Å². The largest absolute Gasteiger partial charge is 0.369 e. The fraction of sp³-hybridized carbons (Fsp3) is 0.308. The molecule has 1 amide bonds. The second kappa shape index (κ2) is 4.01. The minimum absolute atomic E-state index is 0.000586. The molecule has 1 unspecified atom stereocenters. The van der Waals surface area contributed by atoms with Crippen molar-refractivity contribution in [2.75, 3.05) is 0 Å². The van der Waals surface area contributed by atoms with Crippen LogP contribution in [0.5, 0.6) is 0 Å². The van der Waals surface area contributed by atoms with Crippen LogP contribution < -0.4 is 5.73 Å². The number of fused-ring (bicyclic) bond motifs is 3. The number of hydrogen-bond donors (Lipinski definition) is 2. The Kier molecular flexibility index (Phi) is 2.61. The molecule has 1 aromatic heterocycles. The molecule has 2 aromatic rings. The zero-order valence-electron chi connectivity index (χ0n) is 9.29. The van der Waals surface area contributed by atoms with Gasteiger partial charge in [-0.05, 0) is 65.6 Å². The van der Waals surface area contributed by atoms with E-state index in [1.54, 1.807) is 0 Å². The highest BCUT2D eigenvalue weighted by Gasteiger charge is 2.25. The molecule has 0 aliphatic heterocycles. The number of hydrogen-bond acceptors (Lipinski definition) is 1. The van der Waals surface area contributed by atoms with Gasteiger partial charge in [-0.15, -0.1) is 0 Å². The molecule has 4 heteroatoms. The van der Waals surface area contributed by atoms with E-state index < -0.39 is 0 Å². The Hall–Kier alpha value is -1.04. The predicted octanol–water partition coefficient (Wildman–Crippen LogP) is 2.36. The van der Waals surface area contributed by atoms with Crippen LogP contribution in [-0.4, -0.2) is 10.9 Å². The summed E-state index contributed by atoms with van der Waals surface area (Å²) in [6.45, 7) is 0. The van der Waals surface area contributed by atoms with E-state index in [-0.39, 0.29) is 11.8 Å². The number of nitrogens with two attached hydrogens (primary N) is 1. The Morgan fingerprint density at radius 1 is 1.47 bits per heavy atom. The van der Waals surface area contributed by atoms with Crippen LogP contribution in [0.15, 0.2) is 18.2 Å². The van der Waals surface area contributed by atoms with Gasteiger partial charge in [0.2, 0.25) is 5.91 Å². The number of aromatic nitrogens is 1. The lowest BCUT2D eigenvalue weighted by molar-refractivity contribution is -0.122. The lowest BCUT2D eigenvalue weighted by atomic mass is 9.86. The number of primary amides is 1. The Bertz CT molecular complexity index is 603. The summed E-state index contributed by atoms with van der Waals surface area (Å²) in [4.78, 5) is 14.7. The fourth-order valence-corrected chi connectivity index (χ4v) is 3.12. The van der Waals surface area contributed by atoms with Gasteiger partial charge in [-0.2, -0.15) is 0 Å². The molecular weight excluding hydrogens is 327 g/mol. The van der Waals surface area contributed by atoms with Crippen LogP contribution in [0, 0.1) is 9.49 Å². The maximum absolute atomic E-state index is 11.3. The molecule has 0 bridgehead atoms. The van der Waals surface area contributed by atoms with Crippen molar-refractivity contribution in [2.45, 2.75) is 19.3 Å². The zero-order chi connectivity index (χ0) is 12.0. The smallest absolute Gasteiger partial charge is 0.220 e. The number of H-pyrrole nitrogens is 1. The van der Waals surface area contributed by atoms with E-state index in [9.17, 15) is 4.79 Å². The molecule has 3 nitrogen and oxygen atoms in total. The van der Waals surface area contributed by atoms with E-state index in [2.05, 4.69) is 45.8 Å². The van der Waals surface area contributed by atoms with Gasteiger partial charge >= 0.3 is 0 Å². The Morgan fingerprint density at radius 2 is 2.29 bits per heavy atom. The first-order valence-corrected chi connectivity index (χ1v) is 6.81. The lowest BCUT2D eigenvalue weighted by Gasteiger charge is -2.19. The maximum atomic E-state index is 11.3. The molecule has 88 valence electrons. The summed E-state index contributed by atoms with van der Waals surface area (Å²) in [6.07, 6.45) is 2.57. The van der Waals surface area contributed by atoms with Crippen LogP contribution >= 0.6 is 22.6 Å². The van der Waals surface area contributed by atoms with Gasteiger partial charge in [-0.1, -0.05) is 0 Å². The summed E-state index contributed by atoms with van der Waals surface area (Å²) in [5.74, 6) is -0.171. The second-order valence-corrected chi connectivity index (χ2v) is 5.86. The number of carbonyl (C=O) groups is 1. The van der Waals surface area contributed by atoms with E-state index >= 15 is 0 Å².